The Balaban J connectivity index is 1.49. The average molecular weight is 342 g/mol. The highest BCUT2D eigenvalue weighted by Crippen LogP contribution is 2.21. The van der Waals surface area contributed by atoms with Crippen molar-refractivity contribution >= 4 is 6.03 Å². The van der Waals surface area contributed by atoms with Crippen LogP contribution in [-0.2, 0) is 6.54 Å². The fourth-order valence-corrected chi connectivity index (χ4v) is 3.26. The van der Waals surface area contributed by atoms with Crippen LogP contribution in [0.5, 0.6) is 0 Å². The topological polar surface area (TPSA) is 61.6 Å². The van der Waals surface area contributed by atoms with E-state index < -0.39 is 0 Å². The van der Waals surface area contributed by atoms with Gasteiger partial charge in [0.2, 0.25) is 0 Å². The SMILES string of the molecule is Cc1cc([C@@H](C)NC(=O)N2CCN(Cc3ccccn3)CC2)c(C)o1. The Morgan fingerprint density at radius 2 is 2.04 bits per heavy atom. The molecule has 1 fully saturated rings. The second kappa shape index (κ2) is 7.70. The monoisotopic (exact) mass is 342 g/mol. The van der Waals surface area contributed by atoms with E-state index in [0.717, 1.165) is 55.5 Å². The highest BCUT2D eigenvalue weighted by molar-refractivity contribution is 5.74. The van der Waals surface area contributed by atoms with E-state index in [4.69, 9.17) is 4.42 Å². The molecule has 134 valence electrons. The molecule has 0 aliphatic carbocycles. The van der Waals surface area contributed by atoms with Crippen molar-refractivity contribution in [2.75, 3.05) is 26.2 Å². The predicted molar refractivity (Wildman–Crippen MR) is 96.2 cm³/mol. The normalized spacial score (nSPS) is 16.7. The van der Waals surface area contributed by atoms with E-state index in [9.17, 15) is 4.79 Å². The lowest BCUT2D eigenvalue weighted by molar-refractivity contribution is 0.133. The number of amides is 2. The van der Waals surface area contributed by atoms with E-state index >= 15 is 0 Å². The molecule has 25 heavy (non-hydrogen) atoms. The van der Waals surface area contributed by atoms with Crippen molar-refractivity contribution in [3.8, 4) is 0 Å². The number of nitrogens with one attached hydrogen (secondary N) is 1. The van der Waals surface area contributed by atoms with Crippen molar-refractivity contribution in [1.82, 2.24) is 20.1 Å². The molecule has 2 amide bonds. The van der Waals surface area contributed by atoms with Gasteiger partial charge in [-0.25, -0.2) is 4.79 Å². The minimum atomic E-state index is -0.0588. The smallest absolute Gasteiger partial charge is 0.317 e. The van der Waals surface area contributed by atoms with Gasteiger partial charge in [0.15, 0.2) is 0 Å². The van der Waals surface area contributed by atoms with Gasteiger partial charge >= 0.3 is 6.03 Å². The van der Waals surface area contributed by atoms with Crippen LogP contribution in [-0.4, -0.2) is 47.0 Å². The minimum absolute atomic E-state index is 0.0109. The maximum absolute atomic E-state index is 12.5. The molecule has 1 atom stereocenters. The Hall–Kier alpha value is -2.34. The van der Waals surface area contributed by atoms with Crippen molar-refractivity contribution in [1.29, 1.82) is 0 Å². The van der Waals surface area contributed by atoms with Crippen molar-refractivity contribution in [2.45, 2.75) is 33.4 Å². The quantitative estimate of drug-likeness (QED) is 0.928. The van der Waals surface area contributed by atoms with Crippen LogP contribution in [0.1, 0.15) is 35.7 Å². The first-order chi connectivity index (χ1) is 12.0. The van der Waals surface area contributed by atoms with E-state index in [2.05, 4.69) is 15.2 Å². The fraction of sp³-hybridized carbons (Fsp3) is 0.474. The zero-order valence-corrected chi connectivity index (χ0v) is 15.2. The second-order valence-corrected chi connectivity index (χ2v) is 6.62. The maximum atomic E-state index is 12.5. The molecule has 1 saturated heterocycles. The molecule has 1 aliphatic heterocycles. The van der Waals surface area contributed by atoms with E-state index in [1.165, 1.54) is 0 Å². The molecule has 3 heterocycles. The Morgan fingerprint density at radius 3 is 2.64 bits per heavy atom. The molecule has 1 N–H and O–H groups in total. The van der Waals surface area contributed by atoms with E-state index in [0.29, 0.717) is 0 Å². The summed E-state index contributed by atoms with van der Waals surface area (Å²) in [5.41, 5.74) is 2.11. The number of carbonyl (C=O) groups excluding carboxylic acids is 1. The molecular weight excluding hydrogens is 316 g/mol. The molecule has 6 nitrogen and oxygen atoms in total. The molecule has 0 unspecified atom stereocenters. The zero-order chi connectivity index (χ0) is 17.8. The van der Waals surface area contributed by atoms with Crippen molar-refractivity contribution in [3.05, 3.63) is 53.2 Å². The first-order valence-electron chi connectivity index (χ1n) is 8.77. The third kappa shape index (κ3) is 4.39. The summed E-state index contributed by atoms with van der Waals surface area (Å²) in [5, 5.41) is 3.08. The summed E-state index contributed by atoms with van der Waals surface area (Å²) in [4.78, 5) is 21.1. The molecular formula is C19H26N4O2. The van der Waals surface area contributed by atoms with Gasteiger partial charge in [-0.3, -0.25) is 9.88 Å². The number of aromatic nitrogens is 1. The molecule has 0 spiro atoms. The van der Waals surface area contributed by atoms with Gasteiger partial charge in [-0.2, -0.15) is 0 Å². The van der Waals surface area contributed by atoms with Gasteiger partial charge in [0, 0.05) is 44.5 Å². The van der Waals surface area contributed by atoms with Crippen LogP contribution < -0.4 is 5.32 Å². The van der Waals surface area contributed by atoms with Gasteiger partial charge in [0.1, 0.15) is 11.5 Å². The van der Waals surface area contributed by atoms with Gasteiger partial charge in [-0.1, -0.05) is 6.07 Å². The zero-order valence-electron chi connectivity index (χ0n) is 15.2. The van der Waals surface area contributed by atoms with Crippen LogP contribution >= 0.6 is 0 Å². The Morgan fingerprint density at radius 1 is 1.28 bits per heavy atom. The first kappa shape index (κ1) is 17.5. The number of aryl methyl sites for hydroxylation is 2. The fourth-order valence-electron chi connectivity index (χ4n) is 3.26. The Bertz CT molecular complexity index is 705. The van der Waals surface area contributed by atoms with Gasteiger partial charge in [-0.15, -0.1) is 0 Å². The molecule has 2 aromatic rings. The number of hydrogen-bond donors (Lipinski definition) is 1. The predicted octanol–water partition coefficient (Wildman–Crippen LogP) is 2.88. The van der Waals surface area contributed by atoms with Crippen molar-refractivity contribution in [3.63, 3.8) is 0 Å². The Kier molecular flexibility index (Phi) is 5.38. The third-order valence-corrected chi connectivity index (χ3v) is 4.66. The van der Waals surface area contributed by atoms with Gasteiger partial charge < -0.3 is 14.6 Å². The number of urea groups is 1. The summed E-state index contributed by atoms with van der Waals surface area (Å²) in [7, 11) is 0. The average Bonchev–Trinajstić information content (AvgIpc) is 2.95. The summed E-state index contributed by atoms with van der Waals surface area (Å²) in [6.07, 6.45) is 1.82. The number of carbonyl (C=O) groups is 1. The molecule has 2 aromatic heterocycles. The summed E-state index contributed by atoms with van der Waals surface area (Å²) in [6, 6.07) is 7.89. The van der Waals surface area contributed by atoms with E-state index in [1.54, 1.807) is 0 Å². The highest BCUT2D eigenvalue weighted by atomic mass is 16.3. The maximum Gasteiger partial charge on any atom is 0.317 e. The third-order valence-electron chi connectivity index (χ3n) is 4.66. The molecule has 1 aliphatic rings. The molecule has 3 rings (SSSR count). The van der Waals surface area contributed by atoms with Crippen LogP contribution in [0.4, 0.5) is 4.79 Å². The highest BCUT2D eigenvalue weighted by Gasteiger charge is 2.23. The second-order valence-electron chi connectivity index (χ2n) is 6.62. The van der Waals surface area contributed by atoms with Gasteiger partial charge in [0.25, 0.3) is 0 Å². The summed E-state index contributed by atoms with van der Waals surface area (Å²) in [6.45, 7) is 9.87. The number of rotatable bonds is 4. The summed E-state index contributed by atoms with van der Waals surface area (Å²) >= 11 is 0. The van der Waals surface area contributed by atoms with Gasteiger partial charge in [0.05, 0.1) is 11.7 Å². The molecule has 0 radical (unpaired) electrons. The minimum Gasteiger partial charge on any atom is -0.466 e. The number of furan rings is 1. The van der Waals surface area contributed by atoms with E-state index in [-0.39, 0.29) is 12.1 Å². The van der Waals surface area contributed by atoms with Crippen LogP contribution in [0, 0.1) is 13.8 Å². The largest absolute Gasteiger partial charge is 0.466 e. The lowest BCUT2D eigenvalue weighted by Gasteiger charge is -2.35. The van der Waals surface area contributed by atoms with Gasteiger partial charge in [-0.05, 0) is 39.0 Å². The molecule has 0 saturated carbocycles. The molecule has 0 bridgehead atoms. The summed E-state index contributed by atoms with van der Waals surface area (Å²) in [5.74, 6) is 1.74. The number of piperazine rings is 1. The van der Waals surface area contributed by atoms with Crippen LogP contribution in [0.2, 0.25) is 0 Å². The molecule has 6 heteroatoms. The number of pyridine rings is 1. The van der Waals surface area contributed by atoms with Crippen LogP contribution in [0.15, 0.2) is 34.9 Å². The Labute approximate surface area is 148 Å². The lowest BCUT2D eigenvalue weighted by atomic mass is 10.1. The standard InChI is InChI=1S/C19H26N4O2/c1-14-12-18(16(3)25-14)15(2)21-19(24)23-10-8-22(9-11-23)13-17-6-4-5-7-20-17/h4-7,12,15H,8-11,13H2,1-3H3,(H,21,24)/t15-/m1/s1. The molecule has 0 aromatic carbocycles. The van der Waals surface area contributed by atoms with Crippen LogP contribution in [0.25, 0.3) is 0 Å². The van der Waals surface area contributed by atoms with Crippen molar-refractivity contribution < 1.29 is 9.21 Å². The number of nitrogens with zero attached hydrogens (tertiary/aromatic N) is 3. The van der Waals surface area contributed by atoms with E-state index in [1.807, 2.05) is 56.1 Å². The summed E-state index contributed by atoms with van der Waals surface area (Å²) < 4.78 is 5.56. The first-order valence-corrected chi connectivity index (χ1v) is 8.77. The lowest BCUT2D eigenvalue weighted by Crippen LogP contribution is -2.51. The van der Waals surface area contributed by atoms with Crippen LogP contribution in [0.3, 0.4) is 0 Å². The van der Waals surface area contributed by atoms with Crippen molar-refractivity contribution in [2.24, 2.45) is 0 Å². The number of hydrogen-bond acceptors (Lipinski definition) is 4.